The average molecular weight is 449 g/mol. The van der Waals surface area contributed by atoms with Gasteiger partial charge in [-0.15, -0.1) is 12.4 Å². The van der Waals surface area contributed by atoms with Crippen LogP contribution in [0.25, 0.3) is 0 Å². The summed E-state index contributed by atoms with van der Waals surface area (Å²) in [5, 5.41) is 0.329. The maximum Gasteiger partial charge on any atom is 0.262 e. The van der Waals surface area contributed by atoms with E-state index >= 15 is 0 Å². The third kappa shape index (κ3) is 5.31. The minimum Gasteiger partial charge on any atom is -0.461 e. The molecule has 3 heterocycles. The standard InChI is InChI=1S/C22H25ClN4O2.ClH/c23-20-16-29-19-7-2-1-6-18(19)22(28)27(20)13-4-3-12-26-14-8-17(9-15-26)21-24-10-5-11-25-21;/h1-2,5-7,10-11,16-17H,3-4,8-9,12-15H2;1H. The second kappa shape index (κ2) is 10.8. The number of para-hydroxylation sites is 1. The summed E-state index contributed by atoms with van der Waals surface area (Å²) < 4.78 is 5.53. The Labute approximate surface area is 188 Å². The van der Waals surface area contributed by atoms with Crippen molar-refractivity contribution < 1.29 is 9.53 Å². The number of amides is 1. The molecule has 6 nitrogen and oxygen atoms in total. The number of benzene rings is 1. The number of piperidine rings is 1. The number of halogens is 2. The Morgan fingerprint density at radius 2 is 1.73 bits per heavy atom. The summed E-state index contributed by atoms with van der Waals surface area (Å²) in [7, 11) is 0. The second-order valence-corrected chi connectivity index (χ2v) is 7.83. The molecule has 30 heavy (non-hydrogen) atoms. The largest absolute Gasteiger partial charge is 0.461 e. The Bertz CT molecular complexity index is 870. The van der Waals surface area contributed by atoms with Crippen LogP contribution in [0.3, 0.4) is 0 Å². The quantitative estimate of drug-likeness (QED) is 0.483. The van der Waals surface area contributed by atoms with Gasteiger partial charge in [-0.2, -0.15) is 0 Å². The summed E-state index contributed by atoms with van der Waals surface area (Å²) in [4.78, 5) is 25.7. The van der Waals surface area contributed by atoms with E-state index in [1.165, 1.54) is 6.26 Å². The van der Waals surface area contributed by atoms with Crippen LogP contribution in [0.2, 0.25) is 0 Å². The van der Waals surface area contributed by atoms with E-state index in [1.54, 1.807) is 17.0 Å². The number of hydrogen-bond acceptors (Lipinski definition) is 5. The van der Waals surface area contributed by atoms with Gasteiger partial charge in [0.1, 0.15) is 23.0 Å². The third-order valence-corrected chi connectivity index (χ3v) is 5.84. The van der Waals surface area contributed by atoms with Gasteiger partial charge in [0, 0.05) is 24.9 Å². The van der Waals surface area contributed by atoms with E-state index in [-0.39, 0.29) is 18.3 Å². The average Bonchev–Trinajstić information content (AvgIpc) is 2.89. The number of hydrogen-bond donors (Lipinski definition) is 0. The van der Waals surface area contributed by atoms with Gasteiger partial charge in [-0.25, -0.2) is 9.97 Å². The minimum atomic E-state index is -0.108. The molecule has 0 N–H and O–H groups in total. The van der Waals surface area contributed by atoms with Crippen LogP contribution in [0.5, 0.6) is 5.75 Å². The summed E-state index contributed by atoms with van der Waals surface area (Å²) in [5.41, 5.74) is 0.546. The van der Waals surface area contributed by atoms with Crippen molar-refractivity contribution in [2.24, 2.45) is 0 Å². The number of carbonyl (C=O) groups is 1. The van der Waals surface area contributed by atoms with Crippen molar-refractivity contribution in [1.29, 1.82) is 0 Å². The van der Waals surface area contributed by atoms with Crippen LogP contribution in [-0.4, -0.2) is 51.9 Å². The minimum absolute atomic E-state index is 0. The van der Waals surface area contributed by atoms with Crippen molar-refractivity contribution in [1.82, 2.24) is 19.8 Å². The zero-order valence-electron chi connectivity index (χ0n) is 16.7. The molecule has 0 unspecified atom stereocenters. The van der Waals surface area contributed by atoms with Gasteiger partial charge < -0.3 is 9.64 Å². The lowest BCUT2D eigenvalue weighted by Crippen LogP contribution is -2.35. The predicted molar refractivity (Wildman–Crippen MR) is 119 cm³/mol. The van der Waals surface area contributed by atoms with E-state index in [9.17, 15) is 4.79 Å². The molecule has 0 bridgehead atoms. The number of aromatic nitrogens is 2. The van der Waals surface area contributed by atoms with Gasteiger partial charge in [-0.05, 0) is 63.5 Å². The summed E-state index contributed by atoms with van der Waals surface area (Å²) in [6.45, 7) is 3.74. The topological polar surface area (TPSA) is 58.6 Å². The third-order valence-electron chi connectivity index (χ3n) is 5.55. The van der Waals surface area contributed by atoms with E-state index in [0.717, 1.165) is 51.1 Å². The Morgan fingerprint density at radius 3 is 2.50 bits per heavy atom. The van der Waals surface area contributed by atoms with Crippen molar-refractivity contribution in [3.63, 3.8) is 0 Å². The molecule has 160 valence electrons. The summed E-state index contributed by atoms with van der Waals surface area (Å²) in [5.74, 6) is 1.87. The Hall–Kier alpha value is -2.15. The predicted octanol–water partition coefficient (Wildman–Crippen LogP) is 4.43. The molecule has 1 aromatic carbocycles. The van der Waals surface area contributed by atoms with E-state index in [1.807, 2.05) is 30.6 Å². The highest BCUT2D eigenvalue weighted by Gasteiger charge is 2.25. The highest BCUT2D eigenvalue weighted by molar-refractivity contribution is 6.30. The van der Waals surface area contributed by atoms with Crippen LogP contribution in [0.15, 0.2) is 54.1 Å². The molecule has 0 saturated carbocycles. The summed E-state index contributed by atoms with van der Waals surface area (Å²) in [6, 6.07) is 9.09. The van der Waals surface area contributed by atoms with Gasteiger partial charge in [0.2, 0.25) is 0 Å². The molecule has 8 heteroatoms. The number of rotatable bonds is 6. The molecule has 1 saturated heterocycles. The number of ether oxygens (including phenoxy) is 1. The van der Waals surface area contributed by atoms with Crippen LogP contribution in [-0.2, 0) is 0 Å². The van der Waals surface area contributed by atoms with Gasteiger partial charge >= 0.3 is 0 Å². The molecule has 0 spiro atoms. The Kier molecular flexibility index (Phi) is 8.08. The monoisotopic (exact) mass is 448 g/mol. The lowest BCUT2D eigenvalue weighted by atomic mass is 9.96. The first-order valence-electron chi connectivity index (χ1n) is 10.1. The molecular formula is C22H26Cl2N4O2. The molecule has 1 amide bonds. The van der Waals surface area contributed by atoms with Gasteiger partial charge in [0.25, 0.3) is 5.91 Å². The fourth-order valence-corrected chi connectivity index (χ4v) is 4.12. The van der Waals surface area contributed by atoms with E-state index in [4.69, 9.17) is 16.3 Å². The fourth-order valence-electron chi connectivity index (χ4n) is 3.91. The maximum absolute atomic E-state index is 12.8. The number of carbonyl (C=O) groups excluding carboxylic acids is 1. The zero-order chi connectivity index (χ0) is 20.1. The van der Waals surface area contributed by atoms with Crippen LogP contribution in [0.4, 0.5) is 0 Å². The van der Waals surface area contributed by atoms with Crippen LogP contribution in [0.1, 0.15) is 47.8 Å². The summed E-state index contributed by atoms with van der Waals surface area (Å²) >= 11 is 6.29. The molecule has 0 atom stereocenters. The highest BCUT2D eigenvalue weighted by Crippen LogP contribution is 2.28. The fraction of sp³-hybridized carbons (Fsp3) is 0.409. The number of fused-ring (bicyclic) bond motifs is 1. The molecule has 2 aliphatic heterocycles. The lowest BCUT2D eigenvalue weighted by molar-refractivity contribution is 0.0814. The van der Waals surface area contributed by atoms with Crippen molar-refractivity contribution in [3.05, 3.63) is 65.5 Å². The first-order valence-corrected chi connectivity index (χ1v) is 10.5. The van der Waals surface area contributed by atoms with Gasteiger partial charge in [-0.3, -0.25) is 9.69 Å². The number of likely N-dealkylation sites (tertiary alicyclic amines) is 1. The van der Waals surface area contributed by atoms with Gasteiger partial charge in [0.15, 0.2) is 0 Å². The first kappa shape index (κ1) is 22.5. The number of unbranched alkanes of at least 4 members (excludes halogenated alkanes) is 1. The lowest BCUT2D eigenvalue weighted by Gasteiger charge is -2.31. The Balaban J connectivity index is 0.00000256. The smallest absolute Gasteiger partial charge is 0.262 e. The second-order valence-electron chi connectivity index (χ2n) is 7.44. The highest BCUT2D eigenvalue weighted by atomic mass is 35.5. The summed E-state index contributed by atoms with van der Waals surface area (Å²) in [6.07, 6.45) is 9.18. The van der Waals surface area contributed by atoms with Crippen molar-refractivity contribution >= 4 is 29.9 Å². The molecule has 4 rings (SSSR count). The Morgan fingerprint density at radius 1 is 1.03 bits per heavy atom. The van der Waals surface area contributed by atoms with Crippen LogP contribution >= 0.6 is 24.0 Å². The van der Waals surface area contributed by atoms with E-state index < -0.39 is 0 Å². The molecule has 0 aliphatic carbocycles. The van der Waals surface area contributed by atoms with Crippen molar-refractivity contribution in [3.8, 4) is 5.75 Å². The zero-order valence-corrected chi connectivity index (χ0v) is 18.3. The van der Waals surface area contributed by atoms with Gasteiger partial charge in [-0.1, -0.05) is 23.7 Å². The molecule has 2 aliphatic rings. The molecule has 0 radical (unpaired) electrons. The normalized spacial score (nSPS) is 17.4. The SMILES string of the molecule is Cl.O=C1c2ccccc2OC=C(Cl)N1CCCCN1CCC(c2ncccn2)CC1. The maximum atomic E-state index is 12.8. The molecule has 1 aromatic heterocycles. The van der Waals surface area contributed by atoms with Gasteiger partial charge in [0.05, 0.1) is 5.56 Å². The van der Waals surface area contributed by atoms with E-state index in [0.29, 0.717) is 28.9 Å². The first-order chi connectivity index (χ1) is 14.2. The number of nitrogens with zero attached hydrogens (tertiary/aromatic N) is 4. The van der Waals surface area contributed by atoms with Crippen LogP contribution < -0.4 is 4.74 Å². The molecule has 1 fully saturated rings. The van der Waals surface area contributed by atoms with Crippen molar-refractivity contribution in [2.45, 2.75) is 31.6 Å². The van der Waals surface area contributed by atoms with E-state index in [2.05, 4.69) is 14.9 Å². The van der Waals surface area contributed by atoms with Crippen molar-refractivity contribution in [2.75, 3.05) is 26.2 Å². The molecular weight excluding hydrogens is 423 g/mol. The van der Waals surface area contributed by atoms with Crippen LogP contribution in [0, 0.1) is 0 Å². The molecule has 2 aromatic rings.